The molecule has 2 fully saturated rings. The fourth-order valence-electron chi connectivity index (χ4n) is 5.21. The smallest absolute Gasteiger partial charge is 0.254 e. The van der Waals surface area contributed by atoms with Crippen molar-refractivity contribution >= 4 is 5.91 Å². The summed E-state index contributed by atoms with van der Waals surface area (Å²) < 4.78 is 24.7. The van der Waals surface area contributed by atoms with E-state index in [0.29, 0.717) is 30.0 Å². The first-order chi connectivity index (χ1) is 14.0. The molecule has 3 atom stereocenters. The van der Waals surface area contributed by atoms with Crippen molar-refractivity contribution in [1.82, 2.24) is 4.90 Å². The van der Waals surface area contributed by atoms with Crippen molar-refractivity contribution in [1.29, 1.82) is 0 Å². The first-order valence-electron chi connectivity index (χ1n) is 10.2. The Kier molecular flexibility index (Phi) is 4.46. The Labute approximate surface area is 169 Å². The van der Waals surface area contributed by atoms with Crippen LogP contribution >= 0.6 is 0 Å². The molecule has 6 heteroatoms. The summed E-state index contributed by atoms with van der Waals surface area (Å²) in [6, 6.07) is 11.2. The third-order valence-corrected chi connectivity index (χ3v) is 6.64. The Morgan fingerprint density at radius 1 is 1.10 bits per heavy atom. The molecule has 5 nitrogen and oxygen atoms in total. The SMILES string of the molecule is O=C(c1cccc(F)c1)N1CC[C@]2(O)CCCC[C@H]2[C@@H]1c1ccc2c(c1)OCO2. The van der Waals surface area contributed by atoms with E-state index >= 15 is 0 Å². The summed E-state index contributed by atoms with van der Waals surface area (Å²) in [4.78, 5) is 15.2. The molecule has 3 aliphatic rings. The molecular formula is C23H24FNO4. The quantitative estimate of drug-likeness (QED) is 0.830. The molecule has 2 aliphatic heterocycles. The summed E-state index contributed by atoms with van der Waals surface area (Å²) >= 11 is 0. The van der Waals surface area contributed by atoms with Gasteiger partial charge in [-0.1, -0.05) is 25.0 Å². The number of likely N-dealkylation sites (tertiary alicyclic amines) is 1. The highest BCUT2D eigenvalue weighted by Gasteiger charge is 2.50. The van der Waals surface area contributed by atoms with E-state index in [9.17, 15) is 14.3 Å². The summed E-state index contributed by atoms with van der Waals surface area (Å²) in [6.07, 6.45) is 4.16. The number of carbonyl (C=O) groups excluding carboxylic acids is 1. The average Bonchev–Trinajstić information content (AvgIpc) is 3.20. The minimum atomic E-state index is -0.780. The summed E-state index contributed by atoms with van der Waals surface area (Å²) in [5.41, 5.74) is 0.471. The molecule has 2 aromatic rings. The highest BCUT2D eigenvalue weighted by atomic mass is 19.1. The third kappa shape index (κ3) is 3.15. The van der Waals surface area contributed by atoms with Crippen molar-refractivity contribution in [3.05, 3.63) is 59.4 Å². The lowest BCUT2D eigenvalue weighted by Crippen LogP contribution is -2.56. The van der Waals surface area contributed by atoms with Crippen molar-refractivity contribution in [3.63, 3.8) is 0 Å². The van der Waals surface area contributed by atoms with Crippen LogP contribution in [0.15, 0.2) is 42.5 Å². The molecule has 5 rings (SSSR count). The number of aliphatic hydroxyl groups is 1. The molecule has 0 radical (unpaired) electrons. The number of amides is 1. The number of halogens is 1. The lowest BCUT2D eigenvalue weighted by atomic mass is 9.66. The molecule has 0 aromatic heterocycles. The van der Waals surface area contributed by atoms with Crippen molar-refractivity contribution in [3.8, 4) is 11.5 Å². The van der Waals surface area contributed by atoms with Crippen LogP contribution in [0.2, 0.25) is 0 Å². The molecule has 2 heterocycles. The fraction of sp³-hybridized carbons (Fsp3) is 0.435. The zero-order chi connectivity index (χ0) is 20.0. The predicted octanol–water partition coefficient (Wildman–Crippen LogP) is 4.06. The maximum atomic E-state index is 13.8. The molecule has 1 saturated heterocycles. The van der Waals surface area contributed by atoms with Crippen LogP contribution in [0.25, 0.3) is 0 Å². The second-order valence-corrected chi connectivity index (χ2v) is 8.27. The Balaban J connectivity index is 1.57. The number of rotatable bonds is 2. The lowest BCUT2D eigenvalue weighted by molar-refractivity contribution is -0.115. The number of ether oxygens (including phenoxy) is 2. The van der Waals surface area contributed by atoms with Gasteiger partial charge < -0.3 is 19.5 Å². The number of hydrogen-bond donors (Lipinski definition) is 1. The first kappa shape index (κ1) is 18.4. The molecule has 1 aliphatic carbocycles. The molecule has 152 valence electrons. The van der Waals surface area contributed by atoms with Crippen LogP contribution in [0.3, 0.4) is 0 Å². The maximum absolute atomic E-state index is 13.8. The average molecular weight is 397 g/mol. The van der Waals surface area contributed by atoms with E-state index in [2.05, 4.69) is 0 Å². The molecule has 0 spiro atoms. The standard InChI is InChI=1S/C23H24FNO4/c24-17-5-3-4-16(12-17)22(26)25-11-10-23(27)9-2-1-6-18(23)21(25)15-7-8-19-20(13-15)29-14-28-19/h3-5,7-8,12-13,18,21,27H,1-2,6,9-11,14H2/t18-,21-,23+/m0/s1. The van der Waals surface area contributed by atoms with Crippen LogP contribution < -0.4 is 9.47 Å². The van der Waals surface area contributed by atoms with Crippen molar-refractivity contribution in [2.75, 3.05) is 13.3 Å². The summed E-state index contributed by atoms with van der Waals surface area (Å²) in [5.74, 6) is 0.640. The lowest BCUT2D eigenvalue weighted by Gasteiger charge is -2.52. The maximum Gasteiger partial charge on any atom is 0.254 e. The molecular weight excluding hydrogens is 373 g/mol. The Morgan fingerprint density at radius 2 is 1.97 bits per heavy atom. The Bertz CT molecular complexity index is 948. The van der Waals surface area contributed by atoms with E-state index in [-0.39, 0.29) is 24.7 Å². The topological polar surface area (TPSA) is 59.0 Å². The number of piperidine rings is 1. The van der Waals surface area contributed by atoms with Gasteiger partial charge in [-0.25, -0.2) is 4.39 Å². The van der Waals surface area contributed by atoms with Crippen molar-refractivity contribution < 1.29 is 23.8 Å². The van der Waals surface area contributed by atoms with Crippen LogP contribution in [0.5, 0.6) is 11.5 Å². The molecule has 1 saturated carbocycles. The number of hydrogen-bond acceptors (Lipinski definition) is 4. The van der Waals surface area contributed by atoms with Gasteiger partial charge in [-0.15, -0.1) is 0 Å². The highest BCUT2D eigenvalue weighted by molar-refractivity contribution is 5.94. The summed E-state index contributed by atoms with van der Waals surface area (Å²) in [6.45, 7) is 0.615. The number of fused-ring (bicyclic) bond motifs is 2. The second kappa shape index (κ2) is 7.02. The molecule has 2 aromatic carbocycles. The number of benzene rings is 2. The van der Waals surface area contributed by atoms with Gasteiger partial charge in [-0.05, 0) is 55.2 Å². The minimum absolute atomic E-state index is 0.0668. The van der Waals surface area contributed by atoms with Crippen molar-refractivity contribution in [2.24, 2.45) is 5.92 Å². The summed E-state index contributed by atoms with van der Waals surface area (Å²) in [7, 11) is 0. The van der Waals surface area contributed by atoms with E-state index in [4.69, 9.17) is 9.47 Å². The van der Waals surface area contributed by atoms with Crippen LogP contribution in [0.1, 0.15) is 54.1 Å². The van der Waals surface area contributed by atoms with Gasteiger partial charge in [0.05, 0.1) is 11.6 Å². The molecule has 1 amide bonds. The highest BCUT2D eigenvalue weighted by Crippen LogP contribution is 2.50. The molecule has 0 unspecified atom stereocenters. The molecule has 1 N–H and O–H groups in total. The zero-order valence-corrected chi connectivity index (χ0v) is 16.1. The van der Waals surface area contributed by atoms with E-state index in [1.165, 1.54) is 12.1 Å². The Hall–Kier alpha value is -2.60. The van der Waals surface area contributed by atoms with Gasteiger partial charge >= 0.3 is 0 Å². The molecule has 29 heavy (non-hydrogen) atoms. The zero-order valence-electron chi connectivity index (χ0n) is 16.1. The van der Waals surface area contributed by atoms with Gasteiger partial charge in [-0.2, -0.15) is 0 Å². The fourth-order valence-corrected chi connectivity index (χ4v) is 5.21. The van der Waals surface area contributed by atoms with E-state index in [1.54, 1.807) is 17.0 Å². The Morgan fingerprint density at radius 3 is 2.83 bits per heavy atom. The van der Waals surface area contributed by atoms with Gasteiger partial charge in [-0.3, -0.25) is 4.79 Å². The second-order valence-electron chi connectivity index (χ2n) is 8.27. The third-order valence-electron chi connectivity index (χ3n) is 6.64. The van der Waals surface area contributed by atoms with Crippen LogP contribution in [-0.4, -0.2) is 34.9 Å². The van der Waals surface area contributed by atoms with Crippen LogP contribution in [0, 0.1) is 11.7 Å². The number of nitrogens with zero attached hydrogens (tertiary/aromatic N) is 1. The van der Waals surface area contributed by atoms with Crippen molar-refractivity contribution in [2.45, 2.75) is 43.7 Å². The summed E-state index contributed by atoms with van der Waals surface area (Å²) in [5, 5.41) is 11.4. The van der Waals surface area contributed by atoms with Gasteiger partial charge in [0.1, 0.15) is 5.82 Å². The van der Waals surface area contributed by atoms with E-state index < -0.39 is 11.4 Å². The largest absolute Gasteiger partial charge is 0.454 e. The van der Waals surface area contributed by atoms with Crippen LogP contribution in [-0.2, 0) is 0 Å². The minimum Gasteiger partial charge on any atom is -0.454 e. The first-order valence-corrected chi connectivity index (χ1v) is 10.2. The molecule has 0 bridgehead atoms. The van der Waals surface area contributed by atoms with Gasteiger partial charge in [0.2, 0.25) is 6.79 Å². The number of carbonyl (C=O) groups is 1. The van der Waals surface area contributed by atoms with Gasteiger partial charge in [0.15, 0.2) is 11.5 Å². The van der Waals surface area contributed by atoms with Gasteiger partial charge in [0, 0.05) is 18.0 Å². The predicted molar refractivity (Wildman–Crippen MR) is 104 cm³/mol. The van der Waals surface area contributed by atoms with E-state index in [0.717, 1.165) is 31.2 Å². The van der Waals surface area contributed by atoms with E-state index in [1.807, 2.05) is 18.2 Å². The monoisotopic (exact) mass is 397 g/mol. The van der Waals surface area contributed by atoms with Gasteiger partial charge in [0.25, 0.3) is 5.91 Å². The van der Waals surface area contributed by atoms with Crippen LogP contribution in [0.4, 0.5) is 4.39 Å². The normalized spacial score (nSPS) is 28.1.